The van der Waals surface area contributed by atoms with E-state index in [2.05, 4.69) is 79.7 Å². The fraction of sp³-hybridized carbons (Fsp3) is 0.405. The van der Waals surface area contributed by atoms with Gasteiger partial charge < -0.3 is 101 Å². The number of rotatable bonds is 42. The Morgan fingerprint density at radius 2 is 0.747 bits per heavy atom. The number of nitrogens with two attached hydrogens (primary N) is 5. The number of aryl methyl sites for hydroxylation is 1. The first-order valence-corrected chi connectivity index (χ1v) is 51.6. The second-order valence-electron chi connectivity index (χ2n) is 33.8. The number of benzene rings is 3. The molecule has 0 spiro atoms. The van der Waals surface area contributed by atoms with E-state index in [1.54, 1.807) is 18.2 Å². The lowest BCUT2D eigenvalue weighted by atomic mass is 10.2. The number of aliphatic hydroxyl groups excluding tert-OH is 1. The number of aliphatic hydroxyl groups is 1. The number of ether oxygens (including phenoxy) is 8. The molecule has 67 heteroatoms. The van der Waals surface area contributed by atoms with Crippen LogP contribution in [0.5, 0.6) is 11.5 Å². The normalized spacial score (nSPS) is 24.6. The number of nitrogens with zero attached hydrogens (tertiary/aromatic N) is 17. The van der Waals surface area contributed by atoms with Crippen molar-refractivity contribution in [3.63, 3.8) is 0 Å². The summed E-state index contributed by atoms with van der Waals surface area (Å²) < 4.78 is 186. The number of phosphoric acid groups is 5. The number of phosphoric ester groups is 5. The van der Waals surface area contributed by atoms with Gasteiger partial charge in [0.2, 0.25) is 23.8 Å². The minimum Gasteiger partial charge on any atom is -0.485 e. The summed E-state index contributed by atoms with van der Waals surface area (Å²) >= 11 is 0. The zero-order valence-electron chi connectivity index (χ0n) is 75.6. The number of nitrogen functional groups attached to an aromatic ring is 5. The highest BCUT2D eigenvalue weighted by Gasteiger charge is 2.52. The van der Waals surface area contributed by atoms with Crippen molar-refractivity contribution in [2.24, 2.45) is 0 Å². The van der Waals surface area contributed by atoms with Crippen LogP contribution in [0.25, 0.3) is 55.8 Å². The molecule has 0 bridgehead atoms. The first-order chi connectivity index (χ1) is 69.7. The van der Waals surface area contributed by atoms with Crippen LogP contribution in [0, 0.1) is 6.92 Å². The Balaban J connectivity index is 0.547. The third-order valence-corrected chi connectivity index (χ3v) is 28.7. The van der Waals surface area contributed by atoms with Crippen molar-refractivity contribution in [1.82, 2.24) is 107 Å². The van der Waals surface area contributed by atoms with Gasteiger partial charge in [0.05, 0.1) is 90.5 Å². The fourth-order valence-corrected chi connectivity index (χ4v) is 21.7. The van der Waals surface area contributed by atoms with Crippen LogP contribution in [0.3, 0.4) is 0 Å². The molecule has 0 radical (unpaired) electrons. The number of H-pyrrole nitrogens is 5. The second-order valence-corrected chi connectivity index (χ2v) is 40.8. The molecule has 776 valence electrons. The third kappa shape index (κ3) is 23.1. The lowest BCUT2D eigenvalue weighted by molar-refractivity contribution is -0.0711. The van der Waals surface area contributed by atoms with Crippen LogP contribution < -0.4 is 71.6 Å². The highest BCUT2D eigenvalue weighted by Crippen LogP contribution is 2.57. The molecule has 0 amide bonds. The summed E-state index contributed by atoms with van der Waals surface area (Å²) in [6, 6.07) is 24.0. The Morgan fingerprint density at radius 3 is 1.16 bits per heavy atom. The van der Waals surface area contributed by atoms with Gasteiger partial charge in [-0.05, 0) is 35.7 Å². The lowest BCUT2D eigenvalue weighted by Gasteiger charge is -2.26. The van der Waals surface area contributed by atoms with Crippen molar-refractivity contribution in [3.8, 4) is 11.5 Å². The van der Waals surface area contributed by atoms with Crippen LogP contribution in [-0.4, -0.2) is 244 Å². The molecule has 6 unspecified atom stereocenters. The van der Waals surface area contributed by atoms with Crippen molar-refractivity contribution < 1.29 is 136 Å². The molecule has 5 aliphatic heterocycles. The molecule has 5 saturated heterocycles. The molecule has 21 N–H and O–H groups in total. The molecule has 5 fully saturated rings. The number of fused-ring (bicyclic) bond motifs is 5. The number of anilines is 5. The second kappa shape index (κ2) is 41.8. The average molecular weight is 2130 g/mol. The molecule has 5 aliphatic rings. The summed E-state index contributed by atoms with van der Waals surface area (Å²) in [7, 11) is -27.8. The van der Waals surface area contributed by atoms with Gasteiger partial charge in [-0.3, -0.25) is 117 Å². The molecule has 146 heavy (non-hydrogen) atoms. The Morgan fingerprint density at radius 1 is 0.390 bits per heavy atom. The molecule has 62 nitrogen and oxygen atoms in total. The quantitative estimate of drug-likeness (QED) is 0.0243. The van der Waals surface area contributed by atoms with Crippen LogP contribution >= 0.6 is 39.1 Å². The lowest BCUT2D eigenvalue weighted by Crippen LogP contribution is -2.33. The van der Waals surface area contributed by atoms with E-state index in [-0.39, 0.29) is 118 Å². The Kier molecular flexibility index (Phi) is 29.2. The van der Waals surface area contributed by atoms with Gasteiger partial charge in [0.1, 0.15) is 117 Å². The van der Waals surface area contributed by atoms with E-state index < -0.39 is 242 Å². The summed E-state index contributed by atoms with van der Waals surface area (Å²) in [6.45, 7) is -4.35. The van der Waals surface area contributed by atoms with Gasteiger partial charge in [-0.2, -0.15) is 19.9 Å². The van der Waals surface area contributed by atoms with Gasteiger partial charge in [-0.15, -0.1) is 0 Å². The molecule has 0 aliphatic carbocycles. The summed E-state index contributed by atoms with van der Waals surface area (Å²) in [5.41, 5.74) is 26.0. The number of hydrogen-bond donors (Lipinski definition) is 16. The van der Waals surface area contributed by atoms with Gasteiger partial charge in [-0.1, -0.05) is 66.7 Å². The van der Waals surface area contributed by atoms with E-state index in [0.717, 1.165) is 56.5 Å². The summed E-state index contributed by atoms with van der Waals surface area (Å²) in [5.74, 6) is -0.716. The van der Waals surface area contributed by atoms with Gasteiger partial charge >= 0.3 is 44.8 Å². The fourth-order valence-electron chi connectivity index (χ4n) is 16.9. The molecular weight excluding hydrogens is 2040 g/mol. The number of aromatic amines is 5. The third-order valence-electron chi connectivity index (χ3n) is 23.7. The Bertz CT molecular complexity index is 7870. The van der Waals surface area contributed by atoms with E-state index in [1.807, 2.05) is 60.7 Å². The topological polar surface area (TPSA) is 856 Å². The van der Waals surface area contributed by atoms with E-state index >= 15 is 0 Å². The molecule has 0 saturated carbocycles. The predicted molar refractivity (Wildman–Crippen MR) is 496 cm³/mol. The van der Waals surface area contributed by atoms with Crippen LogP contribution in [-0.2, 0) is 123 Å². The Hall–Kier alpha value is -12.8. The molecule has 21 atom stereocenters. The zero-order valence-corrected chi connectivity index (χ0v) is 80.1. The molecule has 3 aromatic carbocycles. The van der Waals surface area contributed by atoms with Crippen LogP contribution in [0.15, 0.2) is 152 Å². The number of imidazole rings is 5. The minimum atomic E-state index is -5.71. The summed E-state index contributed by atoms with van der Waals surface area (Å²) in [4.78, 5) is 193. The smallest absolute Gasteiger partial charge is 0.472 e. The molecule has 11 aromatic heterocycles. The maximum absolute atomic E-state index is 14.8. The van der Waals surface area contributed by atoms with E-state index in [0.29, 0.717) is 17.1 Å². The highest BCUT2D eigenvalue weighted by molar-refractivity contribution is 7.48. The van der Waals surface area contributed by atoms with Gasteiger partial charge in [0.15, 0.2) is 67.6 Å². The van der Waals surface area contributed by atoms with Crippen LogP contribution in [0.2, 0.25) is 0 Å². The summed E-state index contributed by atoms with van der Waals surface area (Å²) in [5, 5.41) is 11.0. The van der Waals surface area contributed by atoms with Crippen molar-refractivity contribution in [3.05, 3.63) is 208 Å². The van der Waals surface area contributed by atoms with E-state index in [1.165, 1.54) is 33.1 Å². The van der Waals surface area contributed by atoms with Gasteiger partial charge in [0, 0.05) is 43.9 Å². The number of aromatic nitrogens is 22. The van der Waals surface area contributed by atoms with Gasteiger partial charge in [0.25, 0.3) is 27.8 Å². The molecule has 19 rings (SSSR count). The zero-order chi connectivity index (χ0) is 103. The van der Waals surface area contributed by atoms with Crippen LogP contribution in [0.1, 0.15) is 85.5 Å². The molecule has 16 heterocycles. The average Bonchev–Trinajstić information content (AvgIpc) is 1.63. The Labute approximate surface area is 814 Å². The summed E-state index contributed by atoms with van der Waals surface area (Å²) in [6.07, 6.45) is -19.5. The number of hydrogen-bond acceptors (Lipinski definition) is 46. The molecule has 14 aromatic rings. The van der Waals surface area contributed by atoms with Crippen molar-refractivity contribution in [2.45, 2.75) is 164 Å². The van der Waals surface area contributed by atoms with Crippen molar-refractivity contribution in [2.75, 3.05) is 68.3 Å². The van der Waals surface area contributed by atoms with Crippen molar-refractivity contribution in [1.29, 1.82) is 0 Å². The first-order valence-electron chi connectivity index (χ1n) is 44.1. The largest absolute Gasteiger partial charge is 0.485 e. The SMILES string of the molecule is Cc1cn([C@H]2C[C@H](OP(=O)(O)OC[C@H]3O[C@@H](n4cnc5c(=O)[nH]c(N)nc54)C[C@@H]3OP(=O)(O)OC[C@H]3O[C@@H](n4cnc5c(=O)[nH]c(N)nc54)C[C@@H]3OP(=O)(O)OC[C@H]3O[C@@H](n4cnc5c(=O)[nH]c(N)nc54)C[C@@H]3OP(=O)(O)OC[C@H]3OC(n4cnc5c(N)ncnc54)C[C@@H]3OP(=O)(O)OC[C@H](O)Cn3cnc4c(=O)[nH]c(N)nc43)[C@@H](COCc3ccc(OCc4ccccc4)c(OCc4ccccc4)c3)O2)c(=O)[nH]c1=O. The predicted octanol–water partition coefficient (Wildman–Crippen LogP) is 1.81. The van der Waals surface area contributed by atoms with Gasteiger partial charge in [-0.25, -0.2) is 62.5 Å². The number of nitrogens with one attached hydrogen (secondary N) is 5. The highest BCUT2D eigenvalue weighted by atomic mass is 31.2. The monoisotopic (exact) mass is 2130 g/mol. The van der Waals surface area contributed by atoms with Crippen LogP contribution in [0.4, 0.5) is 29.6 Å². The maximum atomic E-state index is 14.8. The minimum absolute atomic E-state index is 0.0413. The maximum Gasteiger partial charge on any atom is 0.472 e. The van der Waals surface area contributed by atoms with E-state index in [9.17, 15) is 81.2 Å². The molecular formula is C79H90N27O35P5. The van der Waals surface area contributed by atoms with Crippen molar-refractivity contribution >= 4 is 125 Å². The standard InChI is InChI=1S/C79H90N27O35P5/c1-37-20-102(79(113)100-70(37)108)54-15-44(49(132-54)26-124-22-40-12-13-42(125-23-38-8-4-2-5-9-38)43(14-40)126-24-39-10-6-3-7-11-39)137-143(116,117)128-28-51-46(17-56(134-51)104-34-89-61-67(104)93-76(82)97-72(61)110)140-145(120,121)130-30-53-48(19-58(136-53)106-36-91-63-69(106)95-78(84)99-74(63)112)141-146(122,123)131-29-52-47(18-57(135-52)105-35-90-62-68(105)94-77(83)98-73(62)111)139-144(118,119)129-27-50-45(16-55(133-50)103-33-88-59-64(80)85-31-86-65(59)103)138-142(114,115)127-25-41(107)21-101-32-87-60-66(101)92-75(81)96-71(60)109/h2-14,20,31-36,41,44-58,107H,15-19,21-30H2,1H3,(H,114,115)(H,116,117)(H,118,119)(H,120,121)(H,122,123)(H2,80,85,86)(H,100,108,113)(H3,81,92,96,109)(H3,82,93,97,110)(H3,83,94,98,111)(H3,84,95,99,112)/t41-,44+,45+,46+,47+,48+,49-,50-,51-,52-,53-,54-,55?,56-,57-,58-/m1/s1. The van der Waals surface area contributed by atoms with E-state index in [4.69, 9.17) is 112 Å². The first kappa shape index (κ1) is 102.